The third-order valence-corrected chi connectivity index (χ3v) is 6.03. The van der Waals surface area contributed by atoms with Crippen molar-refractivity contribution < 1.29 is 4.74 Å². The van der Waals surface area contributed by atoms with Gasteiger partial charge in [0.15, 0.2) is 5.96 Å². The molecule has 29 heavy (non-hydrogen) atoms. The lowest BCUT2D eigenvalue weighted by Crippen LogP contribution is -2.43. The van der Waals surface area contributed by atoms with Gasteiger partial charge in [-0.15, -0.1) is 0 Å². The van der Waals surface area contributed by atoms with Crippen molar-refractivity contribution >= 4 is 5.96 Å². The number of nitrogens with zero attached hydrogens (tertiary/aromatic N) is 3. The summed E-state index contributed by atoms with van der Waals surface area (Å²) in [4.78, 5) is 4.44. The number of hydrogen-bond donors (Lipinski definition) is 2. The Morgan fingerprint density at radius 1 is 1.21 bits per heavy atom. The van der Waals surface area contributed by atoms with Gasteiger partial charge in [-0.2, -0.15) is 5.10 Å². The van der Waals surface area contributed by atoms with Crippen molar-refractivity contribution in [2.24, 2.45) is 10.4 Å². The summed E-state index contributed by atoms with van der Waals surface area (Å²) < 4.78 is 7.37. The normalized spacial score (nSPS) is 16.2. The third kappa shape index (κ3) is 5.38. The second-order valence-electron chi connectivity index (χ2n) is 8.20. The van der Waals surface area contributed by atoms with Gasteiger partial charge in [-0.05, 0) is 56.2 Å². The van der Waals surface area contributed by atoms with Gasteiger partial charge in [-0.1, -0.05) is 31.0 Å². The number of hydrogen-bond acceptors (Lipinski definition) is 3. The van der Waals surface area contributed by atoms with E-state index in [1.807, 2.05) is 18.7 Å². The number of aliphatic imine (C=N–C) groups is 1. The maximum Gasteiger partial charge on any atom is 0.191 e. The maximum atomic E-state index is 5.35. The van der Waals surface area contributed by atoms with Crippen molar-refractivity contribution in [1.29, 1.82) is 0 Å². The van der Waals surface area contributed by atoms with Gasteiger partial charge in [0.2, 0.25) is 0 Å². The van der Waals surface area contributed by atoms with Crippen molar-refractivity contribution in [1.82, 2.24) is 20.4 Å². The van der Waals surface area contributed by atoms with Crippen LogP contribution in [0.4, 0.5) is 0 Å². The first kappa shape index (κ1) is 21.4. The van der Waals surface area contributed by atoms with Gasteiger partial charge in [0.05, 0.1) is 11.4 Å². The Kier molecular flexibility index (Phi) is 7.31. The Balaban J connectivity index is 1.64. The van der Waals surface area contributed by atoms with Crippen molar-refractivity contribution in [2.45, 2.75) is 52.5 Å². The molecule has 0 amide bonds. The summed E-state index contributed by atoms with van der Waals surface area (Å²) in [6, 6.07) is 10.5. The highest BCUT2D eigenvalue weighted by atomic mass is 16.5. The van der Waals surface area contributed by atoms with Crippen LogP contribution < -0.4 is 10.6 Å². The number of benzene rings is 1. The first-order valence-corrected chi connectivity index (χ1v) is 10.6. The minimum absolute atomic E-state index is 0.329. The molecule has 1 aliphatic carbocycles. The van der Waals surface area contributed by atoms with E-state index >= 15 is 0 Å². The van der Waals surface area contributed by atoms with Crippen molar-refractivity contribution in [3.63, 3.8) is 0 Å². The van der Waals surface area contributed by atoms with Gasteiger partial charge in [0, 0.05) is 39.5 Å². The molecule has 2 aromatic rings. The lowest BCUT2D eigenvalue weighted by Gasteiger charge is -2.30. The van der Waals surface area contributed by atoms with Gasteiger partial charge in [0.25, 0.3) is 0 Å². The van der Waals surface area contributed by atoms with Crippen LogP contribution in [0.5, 0.6) is 0 Å². The second-order valence-corrected chi connectivity index (χ2v) is 8.20. The third-order valence-electron chi connectivity index (χ3n) is 6.03. The zero-order valence-corrected chi connectivity index (χ0v) is 18.3. The van der Waals surface area contributed by atoms with Crippen molar-refractivity contribution in [3.05, 3.63) is 47.3 Å². The number of para-hydroxylation sites is 1. The number of nitrogens with one attached hydrogen (secondary N) is 2. The van der Waals surface area contributed by atoms with Crippen LogP contribution >= 0.6 is 0 Å². The molecule has 0 spiro atoms. The summed E-state index contributed by atoms with van der Waals surface area (Å²) in [5.74, 6) is 0.844. The maximum absolute atomic E-state index is 5.35. The number of aryl methyl sites for hydroxylation is 2. The fraction of sp³-hybridized carbons (Fsp3) is 0.565. The highest BCUT2D eigenvalue weighted by Gasteiger charge is 2.33. The molecule has 158 valence electrons. The highest BCUT2D eigenvalue weighted by Crippen LogP contribution is 2.40. The molecular formula is C23H35N5O. The number of guanidine groups is 1. The Bertz CT molecular complexity index is 820. The number of aromatic nitrogens is 2. The van der Waals surface area contributed by atoms with Crippen molar-refractivity contribution in [2.75, 3.05) is 27.3 Å². The van der Waals surface area contributed by atoms with E-state index < -0.39 is 0 Å². The van der Waals surface area contributed by atoms with E-state index in [-0.39, 0.29) is 0 Å². The molecule has 6 heteroatoms. The molecule has 0 radical (unpaired) electrons. The molecule has 1 heterocycles. The Hall–Kier alpha value is -2.34. The molecule has 0 atom stereocenters. The molecule has 0 bridgehead atoms. The molecule has 0 aliphatic heterocycles. The molecule has 6 nitrogen and oxygen atoms in total. The zero-order chi connectivity index (χ0) is 20.7. The zero-order valence-electron chi connectivity index (χ0n) is 18.3. The predicted molar refractivity (Wildman–Crippen MR) is 119 cm³/mol. The van der Waals surface area contributed by atoms with Crippen LogP contribution in [-0.4, -0.2) is 43.0 Å². The topological polar surface area (TPSA) is 63.5 Å². The fourth-order valence-electron chi connectivity index (χ4n) is 4.37. The number of rotatable bonds is 8. The van der Waals surface area contributed by atoms with Crippen LogP contribution in [0.15, 0.2) is 35.3 Å². The largest absolute Gasteiger partial charge is 0.385 e. The number of methoxy groups -OCH3 is 1. The van der Waals surface area contributed by atoms with Crippen LogP contribution in [0.1, 0.15) is 49.1 Å². The van der Waals surface area contributed by atoms with E-state index in [4.69, 9.17) is 4.74 Å². The van der Waals surface area contributed by atoms with Gasteiger partial charge >= 0.3 is 0 Å². The average molecular weight is 398 g/mol. The monoisotopic (exact) mass is 397 g/mol. The smallest absolute Gasteiger partial charge is 0.191 e. The Labute approximate surface area is 174 Å². The van der Waals surface area contributed by atoms with E-state index in [2.05, 4.69) is 58.0 Å². The quantitative estimate of drug-likeness (QED) is 0.526. The van der Waals surface area contributed by atoms with Crippen LogP contribution in [0.3, 0.4) is 0 Å². The predicted octanol–water partition coefficient (Wildman–Crippen LogP) is 3.75. The van der Waals surface area contributed by atoms with E-state index in [1.54, 1.807) is 7.11 Å². The van der Waals surface area contributed by atoms with Gasteiger partial charge in [0.1, 0.15) is 0 Å². The van der Waals surface area contributed by atoms with E-state index in [0.29, 0.717) is 12.0 Å². The summed E-state index contributed by atoms with van der Waals surface area (Å²) in [5.41, 5.74) is 4.79. The molecular weight excluding hydrogens is 362 g/mol. The summed E-state index contributed by atoms with van der Waals surface area (Å²) in [5, 5.41) is 11.7. The standard InChI is InChI=1S/C23H35N5O/c1-18-15-19(2)28(27-18)21-10-6-5-9-20(21)16-25-22(24-3)26-17-23(13-14-29-4)11-7-8-12-23/h5-6,9-10,15H,7-8,11-14,16-17H2,1-4H3,(H2,24,25,26). The minimum atomic E-state index is 0.329. The lowest BCUT2D eigenvalue weighted by atomic mass is 9.83. The number of ether oxygens (including phenoxy) is 1. The van der Waals surface area contributed by atoms with Crippen LogP contribution in [0.2, 0.25) is 0 Å². The van der Waals surface area contributed by atoms with Crippen LogP contribution in [0.25, 0.3) is 5.69 Å². The fourth-order valence-corrected chi connectivity index (χ4v) is 4.37. The van der Waals surface area contributed by atoms with Crippen LogP contribution in [-0.2, 0) is 11.3 Å². The van der Waals surface area contributed by atoms with Crippen LogP contribution in [0, 0.1) is 19.3 Å². The molecule has 1 aliphatic rings. The molecule has 1 saturated carbocycles. The van der Waals surface area contributed by atoms with E-state index in [0.717, 1.165) is 42.6 Å². The lowest BCUT2D eigenvalue weighted by molar-refractivity contribution is 0.138. The Morgan fingerprint density at radius 2 is 1.97 bits per heavy atom. The SMILES string of the molecule is CN=C(NCc1ccccc1-n1nc(C)cc1C)NCC1(CCOC)CCCC1. The van der Waals surface area contributed by atoms with Crippen molar-refractivity contribution in [3.8, 4) is 5.69 Å². The van der Waals surface area contributed by atoms with E-state index in [1.165, 1.54) is 31.2 Å². The minimum Gasteiger partial charge on any atom is -0.385 e. The molecule has 1 aromatic carbocycles. The average Bonchev–Trinajstić information content (AvgIpc) is 3.33. The molecule has 0 unspecified atom stereocenters. The first-order chi connectivity index (χ1) is 14.1. The second kappa shape index (κ2) is 9.92. The van der Waals surface area contributed by atoms with Gasteiger partial charge in [-0.3, -0.25) is 4.99 Å². The summed E-state index contributed by atoms with van der Waals surface area (Å²) in [6.07, 6.45) is 6.26. The Morgan fingerprint density at radius 3 is 2.62 bits per heavy atom. The van der Waals surface area contributed by atoms with E-state index in [9.17, 15) is 0 Å². The molecule has 2 N–H and O–H groups in total. The molecule has 1 aromatic heterocycles. The first-order valence-electron chi connectivity index (χ1n) is 10.6. The molecule has 1 fully saturated rings. The molecule has 3 rings (SSSR count). The highest BCUT2D eigenvalue weighted by molar-refractivity contribution is 5.79. The van der Waals surface area contributed by atoms with Gasteiger partial charge < -0.3 is 15.4 Å². The van der Waals surface area contributed by atoms with Gasteiger partial charge in [-0.25, -0.2) is 4.68 Å². The summed E-state index contributed by atoms with van der Waals surface area (Å²) in [6.45, 7) is 6.57. The molecule has 0 saturated heterocycles. The summed E-state index contributed by atoms with van der Waals surface area (Å²) >= 11 is 0. The summed E-state index contributed by atoms with van der Waals surface area (Å²) in [7, 11) is 3.62.